The first-order chi connectivity index (χ1) is 13.8. The molecule has 2 aliphatic heterocycles. The minimum absolute atomic E-state index is 0. The van der Waals surface area contributed by atoms with Gasteiger partial charge in [0.25, 0.3) is 0 Å². The Labute approximate surface area is 196 Å². The van der Waals surface area contributed by atoms with Crippen LogP contribution in [-0.4, -0.2) is 56.7 Å². The molecule has 174 valence electrons. The molecule has 0 radical (unpaired) electrons. The van der Waals surface area contributed by atoms with Crippen LogP contribution in [0.4, 0.5) is 0 Å². The number of ether oxygens (including phenoxy) is 2. The third-order valence-electron chi connectivity index (χ3n) is 6.58. The second kappa shape index (κ2) is 14.4. The number of rotatable bonds is 11. The molecular weight excluding hydrogens is 419 g/mol. The highest BCUT2D eigenvalue weighted by atomic mass is 35.5. The van der Waals surface area contributed by atoms with Gasteiger partial charge in [-0.15, -0.1) is 24.8 Å². The molecule has 0 aromatic heterocycles. The zero-order chi connectivity index (χ0) is 19.8. The summed E-state index contributed by atoms with van der Waals surface area (Å²) in [6.07, 6.45) is 12.3. The van der Waals surface area contributed by atoms with Gasteiger partial charge in [-0.05, 0) is 42.6 Å². The minimum atomic E-state index is 0. The van der Waals surface area contributed by atoms with Gasteiger partial charge in [0.15, 0.2) is 11.5 Å². The molecule has 1 fully saturated rings. The van der Waals surface area contributed by atoms with Crippen molar-refractivity contribution in [2.24, 2.45) is 0 Å². The van der Waals surface area contributed by atoms with Crippen molar-refractivity contribution in [1.82, 2.24) is 9.80 Å². The van der Waals surface area contributed by atoms with Gasteiger partial charge < -0.3 is 14.4 Å². The Bertz CT molecular complexity index is 615. The van der Waals surface area contributed by atoms with E-state index in [-0.39, 0.29) is 24.8 Å². The fraction of sp³-hybridized carbons (Fsp3) is 0.750. The molecule has 1 atom stereocenters. The molecule has 2 heterocycles. The number of fused-ring (bicyclic) bond motifs is 3. The van der Waals surface area contributed by atoms with E-state index >= 15 is 0 Å². The summed E-state index contributed by atoms with van der Waals surface area (Å²) in [4.78, 5) is 5.35. The molecular formula is C24H42Cl2N2O2. The lowest BCUT2D eigenvalue weighted by molar-refractivity contribution is 0.0660. The lowest BCUT2D eigenvalue weighted by atomic mass is 9.90. The summed E-state index contributed by atoms with van der Waals surface area (Å²) in [5, 5.41) is 0. The van der Waals surface area contributed by atoms with Gasteiger partial charge in [0.05, 0.1) is 14.2 Å². The minimum Gasteiger partial charge on any atom is -0.493 e. The lowest BCUT2D eigenvalue weighted by Crippen LogP contribution is -2.51. The molecule has 2 aliphatic rings. The molecule has 30 heavy (non-hydrogen) atoms. The van der Waals surface area contributed by atoms with E-state index in [2.05, 4.69) is 28.9 Å². The second-order valence-electron chi connectivity index (χ2n) is 8.48. The largest absolute Gasteiger partial charge is 0.493 e. The first-order valence-corrected chi connectivity index (χ1v) is 11.5. The first-order valence-electron chi connectivity index (χ1n) is 11.5. The van der Waals surface area contributed by atoms with E-state index in [1.165, 1.54) is 88.7 Å². The van der Waals surface area contributed by atoms with Gasteiger partial charge in [-0.3, -0.25) is 4.90 Å². The van der Waals surface area contributed by atoms with Gasteiger partial charge in [-0.25, -0.2) is 0 Å². The number of hydrogen-bond acceptors (Lipinski definition) is 4. The highest BCUT2D eigenvalue weighted by molar-refractivity contribution is 5.85. The van der Waals surface area contributed by atoms with E-state index in [9.17, 15) is 0 Å². The van der Waals surface area contributed by atoms with Gasteiger partial charge in [-0.2, -0.15) is 0 Å². The van der Waals surface area contributed by atoms with Crippen LogP contribution in [0.1, 0.15) is 75.5 Å². The van der Waals surface area contributed by atoms with Gasteiger partial charge >= 0.3 is 0 Å². The van der Waals surface area contributed by atoms with Crippen molar-refractivity contribution in [1.29, 1.82) is 0 Å². The van der Waals surface area contributed by atoms with E-state index in [4.69, 9.17) is 9.47 Å². The van der Waals surface area contributed by atoms with E-state index in [0.717, 1.165) is 24.5 Å². The predicted molar refractivity (Wildman–Crippen MR) is 131 cm³/mol. The van der Waals surface area contributed by atoms with Crippen molar-refractivity contribution in [2.45, 2.75) is 70.8 Å². The number of benzene rings is 1. The molecule has 4 nitrogen and oxygen atoms in total. The van der Waals surface area contributed by atoms with Crippen LogP contribution >= 0.6 is 24.8 Å². The van der Waals surface area contributed by atoms with Crippen LogP contribution in [0.25, 0.3) is 0 Å². The third kappa shape index (κ3) is 7.19. The standard InChI is InChI=1S/C24H40N2O2.2ClH/c1-4-5-6-7-8-9-10-11-13-25-15-16-26-14-12-20-17-23(27-2)24(28-3)18-21(20)22(26)19-25;;/h17-18,22H,4-16,19H2,1-3H3;2*1H. The molecule has 0 amide bonds. The first kappa shape index (κ1) is 27.4. The lowest BCUT2D eigenvalue weighted by Gasteiger charge is -2.45. The number of nitrogens with zero attached hydrogens (tertiary/aromatic N) is 2. The average Bonchev–Trinajstić information content (AvgIpc) is 2.74. The van der Waals surface area contributed by atoms with Crippen LogP contribution in [0.3, 0.4) is 0 Å². The van der Waals surface area contributed by atoms with Gasteiger partial charge in [-0.1, -0.05) is 51.9 Å². The number of piperazine rings is 1. The SMILES string of the molecule is CCCCCCCCCCN1CCN2CCc3cc(OC)c(OC)cc3C2C1.Cl.Cl. The fourth-order valence-electron chi connectivity index (χ4n) is 4.84. The van der Waals surface area contributed by atoms with E-state index in [1.807, 2.05) is 0 Å². The molecule has 1 aromatic carbocycles. The predicted octanol–water partition coefficient (Wildman–Crippen LogP) is 5.90. The summed E-state index contributed by atoms with van der Waals surface area (Å²) in [6, 6.07) is 4.93. The van der Waals surface area contributed by atoms with Crippen molar-refractivity contribution in [3.05, 3.63) is 23.3 Å². The Kier molecular flexibility index (Phi) is 13.1. The van der Waals surface area contributed by atoms with Crippen molar-refractivity contribution >= 4 is 24.8 Å². The summed E-state index contributed by atoms with van der Waals surface area (Å²) < 4.78 is 11.1. The molecule has 1 saturated heterocycles. The highest BCUT2D eigenvalue weighted by Crippen LogP contribution is 2.39. The monoisotopic (exact) mass is 460 g/mol. The van der Waals surface area contributed by atoms with Crippen LogP contribution in [-0.2, 0) is 6.42 Å². The van der Waals surface area contributed by atoms with Gasteiger partial charge in [0, 0.05) is 32.2 Å². The maximum absolute atomic E-state index is 5.58. The Balaban J connectivity index is 0.00000225. The maximum Gasteiger partial charge on any atom is 0.161 e. The average molecular weight is 462 g/mol. The number of hydrogen-bond donors (Lipinski definition) is 0. The summed E-state index contributed by atoms with van der Waals surface area (Å²) in [7, 11) is 3.46. The zero-order valence-corrected chi connectivity index (χ0v) is 20.8. The Morgan fingerprint density at radius 3 is 2.13 bits per heavy atom. The molecule has 3 rings (SSSR count). The molecule has 1 unspecified atom stereocenters. The summed E-state index contributed by atoms with van der Waals surface area (Å²) in [5.74, 6) is 1.73. The maximum atomic E-state index is 5.58. The number of halogens is 2. The summed E-state index contributed by atoms with van der Waals surface area (Å²) >= 11 is 0. The van der Waals surface area contributed by atoms with Crippen molar-refractivity contribution in [2.75, 3.05) is 46.9 Å². The van der Waals surface area contributed by atoms with Crippen molar-refractivity contribution < 1.29 is 9.47 Å². The number of unbranched alkanes of at least 4 members (excludes halogenated alkanes) is 7. The van der Waals surface area contributed by atoms with E-state index < -0.39 is 0 Å². The zero-order valence-electron chi connectivity index (χ0n) is 19.2. The normalized spacial score (nSPS) is 18.6. The topological polar surface area (TPSA) is 24.9 Å². The summed E-state index contributed by atoms with van der Waals surface area (Å²) in [5.41, 5.74) is 2.89. The molecule has 6 heteroatoms. The Hall–Kier alpha value is -0.680. The van der Waals surface area contributed by atoms with Crippen molar-refractivity contribution in [3.8, 4) is 11.5 Å². The van der Waals surface area contributed by atoms with Crippen LogP contribution < -0.4 is 9.47 Å². The fourth-order valence-corrected chi connectivity index (χ4v) is 4.84. The second-order valence-corrected chi connectivity index (χ2v) is 8.48. The summed E-state index contributed by atoms with van der Waals surface area (Å²) in [6.45, 7) is 8.27. The van der Waals surface area contributed by atoms with Crippen molar-refractivity contribution in [3.63, 3.8) is 0 Å². The van der Waals surface area contributed by atoms with Crippen LogP contribution in [0.2, 0.25) is 0 Å². The van der Waals surface area contributed by atoms with E-state index in [1.54, 1.807) is 14.2 Å². The number of methoxy groups -OCH3 is 2. The van der Waals surface area contributed by atoms with E-state index in [0.29, 0.717) is 6.04 Å². The molecule has 0 saturated carbocycles. The molecule has 1 aromatic rings. The van der Waals surface area contributed by atoms with Crippen LogP contribution in [0.5, 0.6) is 11.5 Å². The molecule has 0 aliphatic carbocycles. The highest BCUT2D eigenvalue weighted by Gasteiger charge is 2.33. The quantitative estimate of drug-likeness (QED) is 0.383. The molecule has 0 N–H and O–H groups in total. The Morgan fingerprint density at radius 2 is 1.47 bits per heavy atom. The van der Waals surface area contributed by atoms with Gasteiger partial charge in [0.2, 0.25) is 0 Å². The van der Waals surface area contributed by atoms with Gasteiger partial charge in [0.1, 0.15) is 0 Å². The third-order valence-corrected chi connectivity index (χ3v) is 6.58. The van der Waals surface area contributed by atoms with Crippen LogP contribution in [0, 0.1) is 0 Å². The smallest absolute Gasteiger partial charge is 0.161 e. The van der Waals surface area contributed by atoms with Crippen LogP contribution in [0.15, 0.2) is 12.1 Å². The Morgan fingerprint density at radius 1 is 0.833 bits per heavy atom. The molecule has 0 bridgehead atoms. The molecule has 0 spiro atoms.